The van der Waals surface area contributed by atoms with Gasteiger partial charge in [-0.05, 0) is 50.4 Å². The number of rotatable bonds is 3. The number of carbonyl (C=O) groups excluding carboxylic acids is 1. The van der Waals surface area contributed by atoms with Crippen LogP contribution in [0.3, 0.4) is 0 Å². The zero-order valence-corrected chi connectivity index (χ0v) is 14.6. The highest BCUT2D eigenvalue weighted by Crippen LogP contribution is 2.53. The van der Waals surface area contributed by atoms with Crippen molar-refractivity contribution in [1.29, 1.82) is 0 Å². The predicted octanol–water partition coefficient (Wildman–Crippen LogP) is 4.88. The maximum atomic E-state index is 13.4. The van der Waals surface area contributed by atoms with Gasteiger partial charge in [0.05, 0.1) is 5.92 Å². The second-order valence-corrected chi connectivity index (χ2v) is 7.88. The van der Waals surface area contributed by atoms with Gasteiger partial charge in [0.1, 0.15) is 0 Å². The molecule has 0 aromatic heterocycles. The Kier molecular flexibility index (Phi) is 4.49. The van der Waals surface area contributed by atoms with Crippen molar-refractivity contribution in [3.63, 3.8) is 0 Å². The molecule has 0 heterocycles. The minimum atomic E-state index is -0.775. The van der Waals surface area contributed by atoms with Gasteiger partial charge < -0.3 is 5.11 Å². The van der Waals surface area contributed by atoms with Gasteiger partial charge in [0.2, 0.25) is 0 Å². The molecule has 3 heteroatoms. The summed E-state index contributed by atoms with van der Waals surface area (Å²) in [6.45, 7) is 0. The Morgan fingerprint density at radius 2 is 1.36 bits per heavy atom. The van der Waals surface area contributed by atoms with E-state index in [4.69, 9.17) is 0 Å². The third kappa shape index (κ3) is 2.84. The average molecular weight is 338 g/mol. The molecule has 2 fully saturated rings. The molecule has 0 radical (unpaired) electrons. The van der Waals surface area contributed by atoms with Crippen molar-refractivity contribution < 1.29 is 14.7 Å². The maximum Gasteiger partial charge on any atom is 0.307 e. The first kappa shape index (κ1) is 16.6. The summed E-state index contributed by atoms with van der Waals surface area (Å²) in [5.41, 5.74) is 3.55. The lowest BCUT2D eigenvalue weighted by Gasteiger charge is -2.47. The number of hydrogen-bond donors (Lipinski definition) is 1. The van der Waals surface area contributed by atoms with Gasteiger partial charge in [-0.15, -0.1) is 0 Å². The average Bonchev–Trinajstić information content (AvgIpc) is 2.67. The largest absolute Gasteiger partial charge is 0.481 e. The molecule has 0 amide bonds. The Balaban J connectivity index is 1.81. The number of carboxylic acids is 1. The molecule has 3 nitrogen and oxygen atoms in total. The van der Waals surface area contributed by atoms with E-state index in [1.165, 1.54) is 24.0 Å². The van der Waals surface area contributed by atoms with Crippen LogP contribution < -0.4 is 0 Å². The minimum absolute atomic E-state index is 0.0435. The number of aliphatic carboxylic acids is 1. The highest BCUT2D eigenvalue weighted by molar-refractivity contribution is 6.00. The van der Waals surface area contributed by atoms with Crippen LogP contribution in [-0.4, -0.2) is 16.9 Å². The van der Waals surface area contributed by atoms with Crippen molar-refractivity contribution in [2.24, 2.45) is 23.7 Å². The molecule has 0 saturated heterocycles. The second kappa shape index (κ2) is 6.78. The van der Waals surface area contributed by atoms with Crippen LogP contribution in [0.1, 0.15) is 61.7 Å². The summed E-state index contributed by atoms with van der Waals surface area (Å²) in [5, 5.41) is 10.1. The molecular formula is C22H26O3. The summed E-state index contributed by atoms with van der Waals surface area (Å²) in [6.07, 6.45) is 8.57. The Hall–Kier alpha value is -1.90. The first-order valence-electron chi connectivity index (χ1n) is 9.72. The summed E-state index contributed by atoms with van der Waals surface area (Å²) in [6, 6.07) is 9.32. The van der Waals surface area contributed by atoms with Crippen LogP contribution in [0.25, 0.3) is 0 Å². The summed E-state index contributed by atoms with van der Waals surface area (Å²) < 4.78 is 0. The zero-order valence-electron chi connectivity index (χ0n) is 14.6. The Bertz CT molecular complexity index is 703. The van der Waals surface area contributed by atoms with Gasteiger partial charge in [-0.3, -0.25) is 9.59 Å². The molecule has 0 unspecified atom stereocenters. The van der Waals surface area contributed by atoms with E-state index < -0.39 is 11.9 Å². The molecule has 3 aliphatic carbocycles. The number of allylic oxidation sites excluding steroid dienone is 2. The van der Waals surface area contributed by atoms with Crippen LogP contribution in [0.2, 0.25) is 0 Å². The van der Waals surface area contributed by atoms with Crippen LogP contribution in [0.4, 0.5) is 0 Å². The van der Waals surface area contributed by atoms with Gasteiger partial charge in [-0.2, -0.15) is 0 Å². The fourth-order valence-corrected chi connectivity index (χ4v) is 5.64. The topological polar surface area (TPSA) is 54.4 Å². The molecule has 25 heavy (non-hydrogen) atoms. The number of carboxylic acid groups (broad SMARTS) is 1. The van der Waals surface area contributed by atoms with Crippen LogP contribution in [0, 0.1) is 23.7 Å². The minimum Gasteiger partial charge on any atom is -0.481 e. The third-order valence-electron chi connectivity index (χ3n) is 6.63. The van der Waals surface area contributed by atoms with Crippen LogP contribution in [0.5, 0.6) is 0 Å². The van der Waals surface area contributed by atoms with Gasteiger partial charge in [-0.25, -0.2) is 0 Å². The molecule has 1 aromatic carbocycles. The van der Waals surface area contributed by atoms with E-state index in [0.29, 0.717) is 5.56 Å². The van der Waals surface area contributed by atoms with Crippen LogP contribution in [-0.2, 0) is 4.79 Å². The van der Waals surface area contributed by atoms with E-state index in [0.717, 1.165) is 38.5 Å². The van der Waals surface area contributed by atoms with Crippen molar-refractivity contribution >= 4 is 11.8 Å². The Labute approximate surface area is 149 Å². The molecule has 0 spiro atoms. The monoisotopic (exact) mass is 338 g/mol. The first-order chi connectivity index (χ1) is 12.2. The highest BCUT2D eigenvalue weighted by atomic mass is 16.4. The van der Waals surface area contributed by atoms with Gasteiger partial charge in [0.25, 0.3) is 0 Å². The molecule has 4 rings (SSSR count). The fraction of sp³-hybridized carbons (Fsp3) is 0.545. The quantitative estimate of drug-likeness (QED) is 0.631. The molecule has 4 atom stereocenters. The third-order valence-corrected chi connectivity index (χ3v) is 6.63. The standard InChI is InChI=1S/C22H26O3/c23-21(14-8-2-1-3-9-14)19-17-12-6-4-10-15(17)16-11-5-7-13-18(16)20(19)22(24)25/h1-3,8-9,17-20H,4-7,10-13H2,(H,24,25)/t17-,18-,19+,20-/m0/s1. The number of ketones is 1. The summed E-state index contributed by atoms with van der Waals surface area (Å²) in [4.78, 5) is 25.6. The van der Waals surface area contributed by atoms with Crippen LogP contribution >= 0.6 is 0 Å². The zero-order chi connectivity index (χ0) is 17.4. The van der Waals surface area contributed by atoms with Gasteiger partial charge >= 0.3 is 5.97 Å². The smallest absolute Gasteiger partial charge is 0.307 e. The van der Waals surface area contributed by atoms with Gasteiger partial charge in [0, 0.05) is 11.5 Å². The van der Waals surface area contributed by atoms with E-state index >= 15 is 0 Å². The lowest BCUT2D eigenvalue weighted by atomic mass is 9.56. The number of fused-ring (bicyclic) bond motifs is 2. The lowest BCUT2D eigenvalue weighted by molar-refractivity contribution is -0.146. The summed E-state index contributed by atoms with van der Waals surface area (Å²) >= 11 is 0. The Morgan fingerprint density at radius 1 is 0.800 bits per heavy atom. The fourth-order valence-electron chi connectivity index (χ4n) is 5.64. The number of carbonyl (C=O) groups is 2. The molecular weight excluding hydrogens is 312 g/mol. The Morgan fingerprint density at radius 3 is 1.92 bits per heavy atom. The van der Waals surface area contributed by atoms with Crippen LogP contribution in [0.15, 0.2) is 41.5 Å². The van der Waals surface area contributed by atoms with Crippen molar-refractivity contribution in [3.8, 4) is 0 Å². The normalized spacial score (nSPS) is 31.8. The summed E-state index contributed by atoms with van der Waals surface area (Å²) in [7, 11) is 0. The maximum absolute atomic E-state index is 13.4. The molecule has 3 aliphatic rings. The van der Waals surface area contributed by atoms with Gasteiger partial charge in [0.15, 0.2) is 5.78 Å². The molecule has 2 saturated carbocycles. The number of Topliss-reactive ketones (excluding diaryl/α,β-unsaturated/α-hetero) is 1. The number of hydrogen-bond acceptors (Lipinski definition) is 2. The van der Waals surface area contributed by atoms with Crippen molar-refractivity contribution in [1.82, 2.24) is 0 Å². The molecule has 0 bridgehead atoms. The molecule has 132 valence electrons. The first-order valence-corrected chi connectivity index (χ1v) is 9.72. The molecule has 1 aromatic rings. The predicted molar refractivity (Wildman–Crippen MR) is 96.3 cm³/mol. The van der Waals surface area contributed by atoms with Crippen molar-refractivity contribution in [2.45, 2.75) is 51.4 Å². The number of benzene rings is 1. The van der Waals surface area contributed by atoms with Crippen molar-refractivity contribution in [2.75, 3.05) is 0 Å². The van der Waals surface area contributed by atoms with E-state index in [1.807, 2.05) is 30.3 Å². The molecule has 1 N–H and O–H groups in total. The SMILES string of the molecule is O=C(O)[C@@H]1[C@H](C(=O)c2ccccc2)[C@H]2CCCCC2=C2CCCC[C@@H]21. The van der Waals surface area contributed by atoms with E-state index in [1.54, 1.807) is 0 Å². The second-order valence-electron chi connectivity index (χ2n) is 7.88. The van der Waals surface area contributed by atoms with Gasteiger partial charge in [-0.1, -0.05) is 54.3 Å². The lowest BCUT2D eigenvalue weighted by Crippen LogP contribution is -2.46. The van der Waals surface area contributed by atoms with E-state index in [-0.39, 0.29) is 23.5 Å². The van der Waals surface area contributed by atoms with E-state index in [9.17, 15) is 14.7 Å². The van der Waals surface area contributed by atoms with Crippen molar-refractivity contribution in [3.05, 3.63) is 47.0 Å². The summed E-state index contributed by atoms with van der Waals surface area (Å²) in [5.74, 6) is -1.44. The highest BCUT2D eigenvalue weighted by Gasteiger charge is 2.51. The van der Waals surface area contributed by atoms with E-state index in [2.05, 4.69) is 0 Å². The molecule has 0 aliphatic heterocycles.